The van der Waals surface area contributed by atoms with Crippen LogP contribution in [0.5, 0.6) is 0 Å². The lowest BCUT2D eigenvalue weighted by atomic mass is 10.1. The molecule has 2 aromatic carbocycles. The monoisotopic (exact) mass is 443 g/mol. The molecule has 0 saturated carbocycles. The molecule has 1 saturated heterocycles. The molecule has 0 spiro atoms. The van der Waals surface area contributed by atoms with Crippen molar-refractivity contribution < 1.29 is 9.21 Å². The number of hydrogen-bond acceptors (Lipinski definition) is 5. The van der Waals surface area contributed by atoms with Crippen molar-refractivity contribution in [2.45, 2.75) is 26.8 Å². The lowest BCUT2D eigenvalue weighted by molar-refractivity contribution is -0.132. The summed E-state index contributed by atoms with van der Waals surface area (Å²) in [4.78, 5) is 17.6. The Hall–Kier alpha value is -3.61. The minimum Gasteiger partial charge on any atom is -0.419 e. The molecule has 1 amide bonds. The fourth-order valence-corrected chi connectivity index (χ4v) is 4.43. The summed E-state index contributed by atoms with van der Waals surface area (Å²) in [7, 11) is 0. The highest BCUT2D eigenvalue weighted by atomic mass is 16.4. The molecule has 0 atom stereocenters. The third-order valence-corrected chi connectivity index (χ3v) is 6.13. The number of anilines is 1. The molecule has 4 aromatic rings. The molecule has 2 aromatic heterocycles. The molecule has 0 radical (unpaired) electrons. The van der Waals surface area contributed by atoms with Gasteiger partial charge in [-0.3, -0.25) is 4.79 Å². The number of benzene rings is 2. The van der Waals surface area contributed by atoms with Crippen molar-refractivity contribution in [2.75, 3.05) is 31.1 Å². The van der Waals surface area contributed by atoms with E-state index in [-0.39, 0.29) is 12.5 Å². The molecule has 0 aliphatic carbocycles. The molecule has 5 rings (SSSR count). The first-order chi connectivity index (χ1) is 16.1. The zero-order valence-corrected chi connectivity index (χ0v) is 19.1. The molecule has 0 N–H and O–H groups in total. The summed E-state index contributed by atoms with van der Waals surface area (Å²) in [5, 5.41) is 9.56. The third-order valence-electron chi connectivity index (χ3n) is 6.13. The second-order valence-electron chi connectivity index (χ2n) is 8.98. The lowest BCUT2D eigenvalue weighted by Gasteiger charge is -2.36. The Bertz CT molecular complexity index is 1240. The van der Waals surface area contributed by atoms with Crippen molar-refractivity contribution in [2.24, 2.45) is 5.92 Å². The molecule has 33 heavy (non-hydrogen) atoms. The average Bonchev–Trinajstić information content (AvgIpc) is 3.44. The first-order valence-electron chi connectivity index (χ1n) is 11.6. The van der Waals surface area contributed by atoms with Gasteiger partial charge < -0.3 is 18.8 Å². The summed E-state index contributed by atoms with van der Waals surface area (Å²) in [5.74, 6) is 1.62. The van der Waals surface area contributed by atoms with Gasteiger partial charge >= 0.3 is 0 Å². The Morgan fingerprint density at radius 3 is 2.45 bits per heavy atom. The summed E-state index contributed by atoms with van der Waals surface area (Å²) < 4.78 is 7.97. The van der Waals surface area contributed by atoms with E-state index in [1.54, 1.807) is 0 Å². The van der Waals surface area contributed by atoms with Crippen LogP contribution < -0.4 is 4.90 Å². The Balaban J connectivity index is 1.36. The summed E-state index contributed by atoms with van der Waals surface area (Å²) in [6.07, 6.45) is 0.734. The predicted octanol–water partition coefficient (Wildman–Crippen LogP) is 4.24. The minimum absolute atomic E-state index is 0.104. The first-order valence-corrected chi connectivity index (χ1v) is 11.6. The van der Waals surface area contributed by atoms with Crippen LogP contribution in [-0.4, -0.2) is 51.8 Å². The quantitative estimate of drug-likeness (QED) is 0.446. The zero-order valence-electron chi connectivity index (χ0n) is 19.1. The standard InChI is InChI=1S/C26H29N5O2/c1-19(2)16-24-27-28-26(33-24)23-17-20-8-6-7-11-22(20)31(23)18-25(32)30-14-12-29(13-15-30)21-9-4-3-5-10-21/h3-11,17,19H,12-16,18H2,1-2H3. The number of carbonyl (C=O) groups is 1. The van der Waals surface area contributed by atoms with Crippen molar-refractivity contribution in [3.8, 4) is 11.6 Å². The molecule has 0 bridgehead atoms. The molecule has 170 valence electrons. The van der Waals surface area contributed by atoms with Crippen LogP contribution in [0.4, 0.5) is 5.69 Å². The van der Waals surface area contributed by atoms with Gasteiger partial charge in [-0.25, -0.2) is 0 Å². The summed E-state index contributed by atoms with van der Waals surface area (Å²) in [6.45, 7) is 7.57. The summed E-state index contributed by atoms with van der Waals surface area (Å²) in [5.41, 5.74) is 2.99. The van der Waals surface area contributed by atoms with Crippen molar-refractivity contribution in [1.82, 2.24) is 19.7 Å². The molecule has 1 fully saturated rings. The molecule has 1 aliphatic rings. The van der Waals surface area contributed by atoms with E-state index in [1.807, 2.05) is 45.9 Å². The normalized spacial score (nSPS) is 14.4. The van der Waals surface area contributed by atoms with E-state index < -0.39 is 0 Å². The Labute approximate surface area is 193 Å². The fraction of sp³-hybridized carbons (Fsp3) is 0.346. The lowest BCUT2D eigenvalue weighted by Crippen LogP contribution is -2.49. The van der Waals surface area contributed by atoms with Crippen LogP contribution in [0.3, 0.4) is 0 Å². The van der Waals surface area contributed by atoms with Gasteiger partial charge in [0.15, 0.2) is 0 Å². The number of carbonyl (C=O) groups excluding carboxylic acids is 1. The number of nitrogens with zero attached hydrogens (tertiary/aromatic N) is 5. The van der Waals surface area contributed by atoms with Crippen LogP contribution in [0.1, 0.15) is 19.7 Å². The number of amides is 1. The number of aromatic nitrogens is 3. The van der Waals surface area contributed by atoms with Crippen LogP contribution in [-0.2, 0) is 17.8 Å². The highest BCUT2D eigenvalue weighted by Crippen LogP contribution is 2.28. The molecule has 7 nitrogen and oxygen atoms in total. The van der Waals surface area contributed by atoms with Crippen LogP contribution in [0.25, 0.3) is 22.5 Å². The smallest absolute Gasteiger partial charge is 0.264 e. The van der Waals surface area contributed by atoms with Gasteiger partial charge in [-0.15, -0.1) is 10.2 Å². The van der Waals surface area contributed by atoms with E-state index in [0.29, 0.717) is 30.8 Å². The van der Waals surface area contributed by atoms with Gasteiger partial charge in [-0.1, -0.05) is 50.2 Å². The van der Waals surface area contributed by atoms with Crippen molar-refractivity contribution in [1.29, 1.82) is 0 Å². The van der Waals surface area contributed by atoms with E-state index in [2.05, 4.69) is 53.2 Å². The maximum atomic E-state index is 13.3. The number of hydrogen-bond donors (Lipinski definition) is 0. The molecular weight excluding hydrogens is 414 g/mol. The predicted molar refractivity (Wildman–Crippen MR) is 129 cm³/mol. The fourth-order valence-electron chi connectivity index (χ4n) is 4.43. The van der Waals surface area contributed by atoms with E-state index in [0.717, 1.165) is 36.1 Å². The minimum atomic E-state index is 0.104. The molecule has 3 heterocycles. The van der Waals surface area contributed by atoms with E-state index in [4.69, 9.17) is 4.42 Å². The summed E-state index contributed by atoms with van der Waals surface area (Å²) in [6, 6.07) is 20.5. The molecule has 1 aliphatic heterocycles. The Morgan fingerprint density at radius 2 is 1.70 bits per heavy atom. The van der Waals surface area contributed by atoms with Gasteiger partial charge in [0, 0.05) is 49.2 Å². The van der Waals surface area contributed by atoms with Gasteiger partial charge in [-0.05, 0) is 30.2 Å². The topological polar surface area (TPSA) is 67.4 Å². The Morgan fingerprint density at radius 1 is 0.970 bits per heavy atom. The second-order valence-corrected chi connectivity index (χ2v) is 8.98. The SMILES string of the molecule is CC(C)Cc1nnc(-c2cc3ccccc3n2CC(=O)N2CCN(c3ccccc3)CC2)o1. The van der Waals surface area contributed by atoms with E-state index >= 15 is 0 Å². The molecular formula is C26H29N5O2. The van der Waals surface area contributed by atoms with Gasteiger partial charge in [-0.2, -0.15) is 0 Å². The number of rotatable bonds is 6. The van der Waals surface area contributed by atoms with Crippen molar-refractivity contribution in [3.05, 3.63) is 66.6 Å². The average molecular weight is 444 g/mol. The second kappa shape index (κ2) is 9.10. The highest BCUT2D eigenvalue weighted by Gasteiger charge is 2.24. The van der Waals surface area contributed by atoms with Crippen molar-refractivity contribution >= 4 is 22.5 Å². The molecule has 7 heteroatoms. The first kappa shape index (κ1) is 21.2. The number of piperazine rings is 1. The van der Waals surface area contributed by atoms with Crippen LogP contribution in [0.15, 0.2) is 65.1 Å². The van der Waals surface area contributed by atoms with Gasteiger partial charge in [0.05, 0.1) is 0 Å². The maximum absolute atomic E-state index is 13.3. The summed E-state index contributed by atoms with van der Waals surface area (Å²) >= 11 is 0. The van der Waals surface area contributed by atoms with Crippen LogP contribution in [0, 0.1) is 5.92 Å². The van der Waals surface area contributed by atoms with E-state index in [1.165, 1.54) is 5.69 Å². The number of fused-ring (bicyclic) bond motifs is 1. The maximum Gasteiger partial charge on any atom is 0.264 e. The van der Waals surface area contributed by atoms with Crippen LogP contribution in [0.2, 0.25) is 0 Å². The van der Waals surface area contributed by atoms with Gasteiger partial charge in [0.2, 0.25) is 11.8 Å². The van der Waals surface area contributed by atoms with Crippen molar-refractivity contribution in [3.63, 3.8) is 0 Å². The highest BCUT2D eigenvalue weighted by molar-refractivity contribution is 5.88. The zero-order chi connectivity index (χ0) is 22.8. The van der Waals surface area contributed by atoms with Gasteiger partial charge in [0.25, 0.3) is 5.89 Å². The Kier molecular flexibility index (Phi) is 5.86. The van der Waals surface area contributed by atoms with Crippen LogP contribution >= 0.6 is 0 Å². The largest absolute Gasteiger partial charge is 0.419 e. The van der Waals surface area contributed by atoms with E-state index in [9.17, 15) is 4.79 Å². The third kappa shape index (κ3) is 4.49. The van der Waals surface area contributed by atoms with Gasteiger partial charge in [0.1, 0.15) is 12.2 Å². The number of para-hydroxylation sites is 2. The molecule has 0 unspecified atom stereocenters.